The first-order valence-corrected chi connectivity index (χ1v) is 13.9. The number of aliphatic hydroxyl groups excluding tert-OH is 3. The number of amides is 1. The molecule has 1 saturated heterocycles. The Balaban J connectivity index is 1.68. The standard InChI is InChI=1S/C26H47N7O7/c27-6-1-2-7-32-8-9-38-25-17(33-19(34)11-14-4-3-5-15(29)10-14)12-16(30)24(23(25)37)40-26-20(31)22(36)21(35)18(13-28)39-26/h3-5,10,16-18,20-26,32,35-37H,1-2,6-9,11-13,27-31H2,(H,33,34)/t16-,17+,18+,20+,21+,22+,23-,24+,25-,26+/m0/s1. The Bertz CT molecular complexity index is 914. The van der Waals surface area contributed by atoms with Crippen molar-refractivity contribution < 1.29 is 34.3 Å². The summed E-state index contributed by atoms with van der Waals surface area (Å²) in [4.78, 5) is 12.9. The summed E-state index contributed by atoms with van der Waals surface area (Å²) in [5.41, 5.74) is 30.8. The lowest BCUT2D eigenvalue weighted by Crippen LogP contribution is -2.68. The SMILES string of the molecule is NCCCCNCCO[C@@H]1[C@@H](O)[C@H](O[C@H]2O[C@H](CN)[C@@H](O)[C@H](O)[C@H]2N)[C@@H](N)C[C@H]1NC(=O)Cc1cccc(N)c1. The predicted molar refractivity (Wildman–Crippen MR) is 149 cm³/mol. The Kier molecular flexibility index (Phi) is 12.9. The van der Waals surface area contributed by atoms with Crippen molar-refractivity contribution in [3.05, 3.63) is 29.8 Å². The van der Waals surface area contributed by atoms with Crippen LogP contribution in [0.3, 0.4) is 0 Å². The third-order valence-corrected chi connectivity index (χ3v) is 7.35. The van der Waals surface area contributed by atoms with E-state index in [1.54, 1.807) is 24.3 Å². The number of hydrogen-bond acceptors (Lipinski definition) is 13. The molecule has 1 heterocycles. The molecule has 1 aliphatic carbocycles. The van der Waals surface area contributed by atoms with Crippen LogP contribution < -0.4 is 39.3 Å². The van der Waals surface area contributed by atoms with Gasteiger partial charge < -0.3 is 68.8 Å². The van der Waals surface area contributed by atoms with Crippen molar-refractivity contribution in [1.82, 2.24) is 10.6 Å². The number of hydrogen-bond donors (Lipinski definition) is 10. The van der Waals surface area contributed by atoms with Gasteiger partial charge in [0.1, 0.15) is 36.6 Å². The number of nitrogens with one attached hydrogen (secondary N) is 2. The first kappa shape index (κ1) is 32.6. The van der Waals surface area contributed by atoms with E-state index in [1.165, 1.54) is 0 Å². The second-order valence-electron chi connectivity index (χ2n) is 10.5. The lowest BCUT2D eigenvalue weighted by atomic mass is 9.83. The number of rotatable bonds is 14. The van der Waals surface area contributed by atoms with E-state index in [0.29, 0.717) is 18.8 Å². The number of carbonyl (C=O) groups excluding carboxylic acids is 1. The molecular weight excluding hydrogens is 522 g/mol. The molecule has 3 rings (SSSR count). The fourth-order valence-electron chi connectivity index (χ4n) is 5.13. The Hall–Kier alpha value is -1.95. The summed E-state index contributed by atoms with van der Waals surface area (Å²) < 4.78 is 17.8. The van der Waals surface area contributed by atoms with Crippen LogP contribution in [0.2, 0.25) is 0 Å². The van der Waals surface area contributed by atoms with Gasteiger partial charge in [-0.2, -0.15) is 0 Å². The van der Waals surface area contributed by atoms with Crippen molar-refractivity contribution >= 4 is 11.6 Å². The maximum atomic E-state index is 12.9. The minimum atomic E-state index is -1.35. The lowest BCUT2D eigenvalue weighted by molar-refractivity contribution is -0.289. The molecule has 2 aliphatic rings. The van der Waals surface area contributed by atoms with Crippen LogP contribution in [0, 0.1) is 0 Å². The fraction of sp³-hybridized carbons (Fsp3) is 0.731. The van der Waals surface area contributed by atoms with Gasteiger partial charge in [0.15, 0.2) is 6.29 Å². The maximum absolute atomic E-state index is 12.9. The Labute approximate surface area is 234 Å². The van der Waals surface area contributed by atoms with Crippen LogP contribution in [0.25, 0.3) is 0 Å². The first-order chi connectivity index (χ1) is 19.2. The van der Waals surface area contributed by atoms with Crippen LogP contribution in [0.1, 0.15) is 24.8 Å². The zero-order valence-electron chi connectivity index (χ0n) is 22.8. The summed E-state index contributed by atoms with van der Waals surface area (Å²) in [6.45, 7) is 2.11. The van der Waals surface area contributed by atoms with Gasteiger partial charge in [-0.05, 0) is 50.0 Å². The van der Waals surface area contributed by atoms with Crippen LogP contribution in [-0.4, -0.2) is 115 Å². The number of benzene rings is 1. The van der Waals surface area contributed by atoms with E-state index < -0.39 is 61.0 Å². The van der Waals surface area contributed by atoms with Crippen molar-refractivity contribution in [3.63, 3.8) is 0 Å². The summed E-state index contributed by atoms with van der Waals surface area (Å²) >= 11 is 0. The molecule has 14 nitrogen and oxygen atoms in total. The van der Waals surface area contributed by atoms with Crippen molar-refractivity contribution in [2.24, 2.45) is 22.9 Å². The molecule has 228 valence electrons. The highest BCUT2D eigenvalue weighted by atomic mass is 16.7. The van der Waals surface area contributed by atoms with Crippen molar-refractivity contribution in [2.45, 2.75) is 86.7 Å². The monoisotopic (exact) mass is 569 g/mol. The van der Waals surface area contributed by atoms with Gasteiger partial charge in [0.25, 0.3) is 0 Å². The van der Waals surface area contributed by atoms with Crippen LogP contribution in [0.4, 0.5) is 5.69 Å². The van der Waals surface area contributed by atoms with Crippen molar-refractivity contribution in [2.75, 3.05) is 38.5 Å². The normalized spacial score (nSPS) is 34.5. The number of nitrogen functional groups attached to an aromatic ring is 1. The summed E-state index contributed by atoms with van der Waals surface area (Å²) in [6, 6.07) is 4.59. The van der Waals surface area contributed by atoms with Gasteiger partial charge in [0.05, 0.1) is 25.1 Å². The number of nitrogens with two attached hydrogens (primary N) is 5. The molecule has 0 radical (unpaired) electrons. The average Bonchev–Trinajstić information content (AvgIpc) is 2.91. The van der Waals surface area contributed by atoms with Gasteiger partial charge in [-0.15, -0.1) is 0 Å². The zero-order valence-corrected chi connectivity index (χ0v) is 22.8. The summed E-state index contributed by atoms with van der Waals surface area (Å²) in [6.07, 6.45) is -5.68. The Morgan fingerprint density at radius 3 is 2.52 bits per heavy atom. The molecule has 1 saturated carbocycles. The van der Waals surface area contributed by atoms with Gasteiger partial charge in [0.2, 0.25) is 5.91 Å². The number of unbranched alkanes of at least 4 members (excludes halogenated alkanes) is 1. The Morgan fingerprint density at radius 1 is 1.05 bits per heavy atom. The molecule has 14 heteroatoms. The molecule has 10 atom stereocenters. The molecule has 1 aliphatic heterocycles. The molecule has 0 bridgehead atoms. The molecule has 1 aromatic rings. The third kappa shape index (κ3) is 8.77. The molecular formula is C26H47N7O7. The molecule has 40 heavy (non-hydrogen) atoms. The van der Waals surface area contributed by atoms with E-state index in [0.717, 1.165) is 24.9 Å². The van der Waals surface area contributed by atoms with Crippen molar-refractivity contribution in [3.8, 4) is 0 Å². The van der Waals surface area contributed by atoms with E-state index in [4.69, 9.17) is 42.9 Å². The second-order valence-corrected chi connectivity index (χ2v) is 10.5. The topological polar surface area (TPSA) is 260 Å². The van der Waals surface area contributed by atoms with Crippen LogP contribution >= 0.6 is 0 Å². The molecule has 15 N–H and O–H groups in total. The van der Waals surface area contributed by atoms with Gasteiger partial charge in [0, 0.05) is 24.8 Å². The first-order valence-electron chi connectivity index (χ1n) is 13.9. The molecule has 0 aromatic heterocycles. The molecule has 1 amide bonds. The lowest BCUT2D eigenvalue weighted by Gasteiger charge is -2.47. The summed E-state index contributed by atoms with van der Waals surface area (Å²) in [5, 5.41) is 38.1. The van der Waals surface area contributed by atoms with Gasteiger partial charge in [-0.3, -0.25) is 4.79 Å². The molecule has 0 spiro atoms. The van der Waals surface area contributed by atoms with E-state index in [9.17, 15) is 20.1 Å². The van der Waals surface area contributed by atoms with E-state index in [2.05, 4.69) is 10.6 Å². The number of ether oxygens (including phenoxy) is 3. The van der Waals surface area contributed by atoms with Crippen LogP contribution in [0.5, 0.6) is 0 Å². The highest BCUT2D eigenvalue weighted by molar-refractivity contribution is 5.79. The van der Waals surface area contributed by atoms with Crippen molar-refractivity contribution in [1.29, 1.82) is 0 Å². The van der Waals surface area contributed by atoms with Crippen LogP contribution in [-0.2, 0) is 25.4 Å². The molecule has 0 unspecified atom stereocenters. The fourth-order valence-corrected chi connectivity index (χ4v) is 5.13. The largest absolute Gasteiger partial charge is 0.399 e. The minimum absolute atomic E-state index is 0.0741. The van der Waals surface area contributed by atoms with E-state index in [-0.39, 0.29) is 31.9 Å². The van der Waals surface area contributed by atoms with E-state index >= 15 is 0 Å². The van der Waals surface area contributed by atoms with Gasteiger partial charge >= 0.3 is 0 Å². The third-order valence-electron chi connectivity index (χ3n) is 7.35. The second kappa shape index (κ2) is 15.9. The minimum Gasteiger partial charge on any atom is -0.399 e. The number of anilines is 1. The highest BCUT2D eigenvalue weighted by Gasteiger charge is 2.49. The maximum Gasteiger partial charge on any atom is 0.224 e. The highest BCUT2D eigenvalue weighted by Crippen LogP contribution is 2.29. The zero-order chi connectivity index (χ0) is 29.2. The summed E-state index contributed by atoms with van der Waals surface area (Å²) in [7, 11) is 0. The average molecular weight is 570 g/mol. The van der Waals surface area contributed by atoms with Gasteiger partial charge in [-0.1, -0.05) is 12.1 Å². The number of carbonyl (C=O) groups is 1. The smallest absolute Gasteiger partial charge is 0.224 e. The van der Waals surface area contributed by atoms with Crippen LogP contribution in [0.15, 0.2) is 24.3 Å². The molecule has 1 aromatic carbocycles. The summed E-state index contributed by atoms with van der Waals surface area (Å²) in [5.74, 6) is -0.275. The van der Waals surface area contributed by atoms with Gasteiger partial charge in [-0.25, -0.2) is 0 Å². The predicted octanol–water partition coefficient (Wildman–Crippen LogP) is -3.78. The van der Waals surface area contributed by atoms with E-state index in [1.807, 2.05) is 0 Å². The number of aliphatic hydroxyl groups is 3. The Morgan fingerprint density at radius 2 is 1.82 bits per heavy atom. The quantitative estimate of drug-likeness (QED) is 0.0763. The molecule has 2 fully saturated rings.